The van der Waals surface area contributed by atoms with E-state index in [4.69, 9.17) is 4.42 Å². The molecule has 0 unspecified atom stereocenters. The molecule has 11 aromatic rings. The summed E-state index contributed by atoms with van der Waals surface area (Å²) in [6, 6.07) is 83.0. The first kappa shape index (κ1) is 36.2. The molecule has 0 spiro atoms. The average Bonchev–Trinajstić information content (AvgIpc) is 3.68. The highest BCUT2D eigenvalue weighted by Crippen LogP contribution is 2.40. The Hall–Kier alpha value is -7.94. The number of anilines is 3. The number of nitrogens with zero attached hydrogens (tertiary/aromatic N) is 1. The zero-order chi connectivity index (χ0) is 40.7. The van der Waals surface area contributed by atoms with E-state index in [0.29, 0.717) is 0 Å². The van der Waals surface area contributed by atoms with Gasteiger partial charge >= 0.3 is 0 Å². The summed E-state index contributed by atoms with van der Waals surface area (Å²) in [7, 11) is 0. The summed E-state index contributed by atoms with van der Waals surface area (Å²) < 4.78 is 6.35. The fourth-order valence-electron chi connectivity index (χ4n) is 8.83. The van der Waals surface area contributed by atoms with Crippen molar-refractivity contribution in [2.24, 2.45) is 0 Å². The van der Waals surface area contributed by atoms with E-state index in [0.717, 1.165) is 56.0 Å². The predicted octanol–water partition coefficient (Wildman–Crippen LogP) is 16.9. The fraction of sp³-hybridized carbons (Fsp3) is 0.0169. The third-order valence-corrected chi connectivity index (χ3v) is 12.1. The second-order valence-electron chi connectivity index (χ2n) is 15.8. The SMILES string of the molecule is Cc1c(-c2cccc(-c3ccc(N(c4ccc(-c5ccc(-c6cccc7ccccc67)cc5)cc4)c4ccc(-c5ccc6ccccc6c5)cc4)cc3)c2)oc2ccccc12. The fourth-order valence-corrected chi connectivity index (χ4v) is 8.83. The molecule has 288 valence electrons. The predicted molar refractivity (Wildman–Crippen MR) is 258 cm³/mol. The van der Waals surface area contributed by atoms with Crippen LogP contribution in [0.4, 0.5) is 17.1 Å². The lowest BCUT2D eigenvalue weighted by Crippen LogP contribution is -2.09. The Morgan fingerprint density at radius 1 is 0.311 bits per heavy atom. The Morgan fingerprint density at radius 3 is 1.43 bits per heavy atom. The van der Waals surface area contributed by atoms with Crippen molar-refractivity contribution in [1.82, 2.24) is 0 Å². The molecule has 11 rings (SSSR count). The molecule has 10 aromatic carbocycles. The van der Waals surface area contributed by atoms with Crippen LogP contribution in [0.1, 0.15) is 5.56 Å². The molecule has 0 aliphatic rings. The van der Waals surface area contributed by atoms with Crippen molar-refractivity contribution in [1.29, 1.82) is 0 Å². The molecule has 0 fully saturated rings. The molecular formula is C59H41NO. The van der Waals surface area contributed by atoms with Crippen LogP contribution in [0, 0.1) is 6.92 Å². The molecule has 0 aliphatic heterocycles. The normalized spacial score (nSPS) is 11.4. The van der Waals surface area contributed by atoms with Gasteiger partial charge in [-0.25, -0.2) is 0 Å². The van der Waals surface area contributed by atoms with Crippen molar-refractivity contribution >= 4 is 49.6 Å². The Balaban J connectivity index is 0.925. The second kappa shape index (κ2) is 15.3. The van der Waals surface area contributed by atoms with Crippen LogP contribution in [0.25, 0.3) is 88.3 Å². The van der Waals surface area contributed by atoms with Gasteiger partial charge < -0.3 is 9.32 Å². The summed E-state index contributed by atoms with van der Waals surface area (Å²) in [5, 5.41) is 6.17. The molecule has 1 heterocycles. The third kappa shape index (κ3) is 6.84. The molecule has 0 amide bonds. The Labute approximate surface area is 356 Å². The van der Waals surface area contributed by atoms with Crippen molar-refractivity contribution in [2.75, 3.05) is 4.90 Å². The van der Waals surface area contributed by atoms with Gasteiger partial charge in [-0.05, 0) is 128 Å². The van der Waals surface area contributed by atoms with Crippen LogP contribution in [0.2, 0.25) is 0 Å². The minimum Gasteiger partial charge on any atom is -0.456 e. The molecular weight excluding hydrogens is 739 g/mol. The number of fused-ring (bicyclic) bond motifs is 3. The van der Waals surface area contributed by atoms with Gasteiger partial charge in [0.15, 0.2) is 0 Å². The minimum absolute atomic E-state index is 0.915. The summed E-state index contributed by atoms with van der Waals surface area (Å²) in [4.78, 5) is 2.34. The van der Waals surface area contributed by atoms with E-state index in [2.05, 4.69) is 230 Å². The number of rotatable bonds is 8. The van der Waals surface area contributed by atoms with Crippen LogP contribution in [0.15, 0.2) is 235 Å². The number of benzene rings is 10. The van der Waals surface area contributed by atoms with E-state index in [1.807, 2.05) is 12.1 Å². The van der Waals surface area contributed by atoms with Crippen molar-refractivity contribution < 1.29 is 4.42 Å². The first-order chi connectivity index (χ1) is 30.1. The van der Waals surface area contributed by atoms with Crippen molar-refractivity contribution in [3.05, 3.63) is 236 Å². The van der Waals surface area contributed by atoms with E-state index >= 15 is 0 Å². The zero-order valence-electron chi connectivity index (χ0n) is 33.8. The molecule has 61 heavy (non-hydrogen) atoms. The first-order valence-electron chi connectivity index (χ1n) is 20.9. The number of aryl methyl sites for hydroxylation is 1. The molecule has 0 atom stereocenters. The van der Waals surface area contributed by atoms with Crippen LogP contribution in [-0.2, 0) is 0 Å². The number of para-hydroxylation sites is 1. The van der Waals surface area contributed by atoms with E-state index in [-0.39, 0.29) is 0 Å². The van der Waals surface area contributed by atoms with Gasteiger partial charge in [0, 0.05) is 33.6 Å². The third-order valence-electron chi connectivity index (χ3n) is 12.1. The van der Waals surface area contributed by atoms with E-state index in [1.165, 1.54) is 54.9 Å². The summed E-state index contributed by atoms with van der Waals surface area (Å²) in [5.74, 6) is 0.919. The van der Waals surface area contributed by atoms with Gasteiger partial charge in [0.25, 0.3) is 0 Å². The van der Waals surface area contributed by atoms with Crippen LogP contribution >= 0.6 is 0 Å². The summed E-state index contributed by atoms with van der Waals surface area (Å²) in [6.07, 6.45) is 0. The average molecular weight is 780 g/mol. The lowest BCUT2D eigenvalue weighted by Gasteiger charge is -2.26. The van der Waals surface area contributed by atoms with E-state index in [9.17, 15) is 0 Å². The smallest absolute Gasteiger partial charge is 0.138 e. The van der Waals surface area contributed by atoms with E-state index in [1.54, 1.807) is 0 Å². The summed E-state index contributed by atoms with van der Waals surface area (Å²) >= 11 is 0. The van der Waals surface area contributed by atoms with Gasteiger partial charge in [-0.2, -0.15) is 0 Å². The summed E-state index contributed by atoms with van der Waals surface area (Å²) in [5.41, 5.74) is 15.9. The molecule has 0 saturated carbocycles. The van der Waals surface area contributed by atoms with Gasteiger partial charge in [0.05, 0.1) is 0 Å². The van der Waals surface area contributed by atoms with Crippen LogP contribution < -0.4 is 4.90 Å². The molecule has 0 N–H and O–H groups in total. The second-order valence-corrected chi connectivity index (χ2v) is 15.8. The Morgan fingerprint density at radius 2 is 0.770 bits per heavy atom. The highest BCUT2D eigenvalue weighted by Gasteiger charge is 2.16. The van der Waals surface area contributed by atoms with Gasteiger partial charge in [-0.15, -0.1) is 0 Å². The van der Waals surface area contributed by atoms with Crippen molar-refractivity contribution in [3.63, 3.8) is 0 Å². The monoisotopic (exact) mass is 779 g/mol. The molecule has 0 radical (unpaired) electrons. The standard InChI is InChI=1S/C59H41NO/c1-40-55-16-6-7-19-58(55)61-59(40)51-15-8-14-49(39-51)44-28-34-53(35-29-44)60(54-36-30-45(31-37-54)50-25-22-41-10-2-3-12-48(41)38-50)52-32-26-43(27-33-52)42-20-23-47(24-21-42)57-18-9-13-46-11-4-5-17-56(46)57/h2-39H,1H3. The minimum atomic E-state index is 0.915. The van der Waals surface area contributed by atoms with Gasteiger partial charge in [0.2, 0.25) is 0 Å². The molecule has 2 heteroatoms. The Bertz CT molecular complexity index is 3330. The topological polar surface area (TPSA) is 16.4 Å². The van der Waals surface area contributed by atoms with Crippen LogP contribution in [0.5, 0.6) is 0 Å². The molecule has 0 aliphatic carbocycles. The molecule has 2 nitrogen and oxygen atoms in total. The highest BCUT2D eigenvalue weighted by atomic mass is 16.3. The largest absolute Gasteiger partial charge is 0.456 e. The van der Waals surface area contributed by atoms with Crippen molar-refractivity contribution in [3.8, 4) is 55.8 Å². The molecule has 0 bridgehead atoms. The molecule has 0 saturated heterocycles. The Kier molecular flexibility index (Phi) is 9.09. The van der Waals surface area contributed by atoms with Crippen LogP contribution in [0.3, 0.4) is 0 Å². The first-order valence-corrected chi connectivity index (χ1v) is 20.9. The number of hydrogen-bond donors (Lipinski definition) is 0. The van der Waals surface area contributed by atoms with E-state index < -0.39 is 0 Å². The maximum atomic E-state index is 6.35. The van der Waals surface area contributed by atoms with Gasteiger partial charge in [-0.3, -0.25) is 0 Å². The number of hydrogen-bond acceptors (Lipinski definition) is 2. The van der Waals surface area contributed by atoms with Gasteiger partial charge in [0.1, 0.15) is 11.3 Å². The van der Waals surface area contributed by atoms with Crippen molar-refractivity contribution in [2.45, 2.75) is 6.92 Å². The maximum absolute atomic E-state index is 6.35. The van der Waals surface area contributed by atoms with Crippen LogP contribution in [-0.4, -0.2) is 0 Å². The lowest BCUT2D eigenvalue weighted by atomic mass is 9.96. The lowest BCUT2D eigenvalue weighted by molar-refractivity contribution is 0.629. The maximum Gasteiger partial charge on any atom is 0.138 e. The molecule has 1 aromatic heterocycles. The highest BCUT2D eigenvalue weighted by molar-refractivity contribution is 5.97. The quantitative estimate of drug-likeness (QED) is 0.153. The summed E-state index contributed by atoms with van der Waals surface area (Å²) in [6.45, 7) is 2.14. The number of furan rings is 1. The zero-order valence-corrected chi connectivity index (χ0v) is 33.8. The van der Waals surface area contributed by atoms with Gasteiger partial charge in [-0.1, -0.05) is 176 Å².